The van der Waals surface area contributed by atoms with E-state index in [9.17, 15) is 18.0 Å². The highest BCUT2D eigenvalue weighted by molar-refractivity contribution is 5.91. The second kappa shape index (κ2) is 6.83. The lowest BCUT2D eigenvalue weighted by atomic mass is 9.72. The van der Waals surface area contributed by atoms with Gasteiger partial charge in [0, 0.05) is 43.0 Å². The molecule has 0 aliphatic carbocycles. The van der Waals surface area contributed by atoms with Gasteiger partial charge in [-0.15, -0.1) is 0 Å². The molecule has 2 unspecified atom stereocenters. The van der Waals surface area contributed by atoms with E-state index in [0.29, 0.717) is 18.5 Å². The van der Waals surface area contributed by atoms with Crippen LogP contribution in [0, 0.1) is 12.8 Å². The number of carbonyl (C=O) groups excluding carboxylic acids is 1. The second-order valence-corrected chi connectivity index (χ2v) is 7.94. The Balaban J connectivity index is 1.43. The average molecular weight is 392 g/mol. The molecule has 28 heavy (non-hydrogen) atoms. The summed E-state index contributed by atoms with van der Waals surface area (Å²) in [7, 11) is 1.85. The van der Waals surface area contributed by atoms with Gasteiger partial charge in [-0.2, -0.15) is 18.3 Å². The molecular formula is C20H23F3N4O. The Morgan fingerprint density at radius 2 is 1.93 bits per heavy atom. The van der Waals surface area contributed by atoms with Crippen molar-refractivity contribution >= 4 is 11.7 Å². The maximum atomic E-state index is 12.7. The average Bonchev–Trinajstić information content (AvgIpc) is 3.01. The molecule has 2 amide bonds. The van der Waals surface area contributed by atoms with Crippen LogP contribution in [0.5, 0.6) is 0 Å². The minimum atomic E-state index is -4.13. The van der Waals surface area contributed by atoms with Crippen molar-refractivity contribution in [2.75, 3.05) is 5.32 Å². The molecule has 3 heterocycles. The number of halogens is 3. The van der Waals surface area contributed by atoms with Gasteiger partial charge in [-0.3, -0.25) is 4.68 Å². The Hall–Kier alpha value is -2.51. The van der Waals surface area contributed by atoms with Gasteiger partial charge in [0.15, 0.2) is 0 Å². The van der Waals surface area contributed by atoms with Gasteiger partial charge in [0.25, 0.3) is 0 Å². The van der Waals surface area contributed by atoms with E-state index >= 15 is 0 Å². The van der Waals surface area contributed by atoms with Crippen molar-refractivity contribution in [2.24, 2.45) is 13.0 Å². The summed E-state index contributed by atoms with van der Waals surface area (Å²) in [4.78, 5) is 14.4. The van der Waals surface area contributed by atoms with Crippen LogP contribution in [0.2, 0.25) is 0 Å². The van der Waals surface area contributed by atoms with Gasteiger partial charge in [0.05, 0.1) is 5.69 Å². The number of hydrogen-bond acceptors (Lipinski definition) is 2. The maximum absolute atomic E-state index is 12.7. The number of piperidine rings is 1. The largest absolute Gasteiger partial charge is 0.389 e. The number of urea groups is 1. The lowest BCUT2D eigenvalue weighted by Crippen LogP contribution is -2.64. The van der Waals surface area contributed by atoms with Crippen LogP contribution in [0.15, 0.2) is 30.5 Å². The molecule has 2 saturated heterocycles. The van der Waals surface area contributed by atoms with E-state index in [4.69, 9.17) is 0 Å². The van der Waals surface area contributed by atoms with Crippen LogP contribution < -0.4 is 5.32 Å². The van der Waals surface area contributed by atoms with E-state index in [0.717, 1.165) is 23.2 Å². The summed E-state index contributed by atoms with van der Waals surface area (Å²) in [6.45, 7) is 1.98. The molecule has 2 bridgehead atoms. The lowest BCUT2D eigenvalue weighted by Gasteiger charge is -2.55. The van der Waals surface area contributed by atoms with Crippen molar-refractivity contribution in [1.29, 1.82) is 0 Å². The summed E-state index contributed by atoms with van der Waals surface area (Å²) in [5.74, 6) is -0.372. The van der Waals surface area contributed by atoms with Crippen LogP contribution >= 0.6 is 0 Å². The summed E-state index contributed by atoms with van der Waals surface area (Å²) in [5.41, 5.74) is 3.47. The Labute approximate surface area is 161 Å². The Morgan fingerprint density at radius 1 is 1.21 bits per heavy atom. The summed E-state index contributed by atoms with van der Waals surface area (Å²) < 4.78 is 39.6. The van der Waals surface area contributed by atoms with Crippen molar-refractivity contribution in [3.8, 4) is 11.3 Å². The summed E-state index contributed by atoms with van der Waals surface area (Å²) >= 11 is 0. The van der Waals surface area contributed by atoms with Gasteiger partial charge in [-0.25, -0.2) is 4.79 Å². The minimum Gasteiger partial charge on any atom is -0.318 e. The van der Waals surface area contributed by atoms with Crippen LogP contribution in [0.25, 0.3) is 11.3 Å². The number of anilines is 1. The van der Waals surface area contributed by atoms with Gasteiger partial charge < -0.3 is 10.2 Å². The number of hydrogen-bond donors (Lipinski definition) is 1. The minimum absolute atomic E-state index is 0.0909. The molecule has 4 rings (SSSR count). The first-order valence-corrected chi connectivity index (χ1v) is 9.46. The predicted molar refractivity (Wildman–Crippen MR) is 99.8 cm³/mol. The number of nitrogens with one attached hydrogen (secondary N) is 1. The van der Waals surface area contributed by atoms with Crippen molar-refractivity contribution in [1.82, 2.24) is 14.7 Å². The number of rotatable bonds is 3. The van der Waals surface area contributed by atoms with Gasteiger partial charge >= 0.3 is 12.2 Å². The zero-order valence-corrected chi connectivity index (χ0v) is 15.8. The SMILES string of the molecule is Cc1ccc(NC(=O)N2C3CC(CC(F)(F)F)CC2C3)cc1-c1ccn(C)n1. The molecule has 0 radical (unpaired) electrons. The predicted octanol–water partition coefficient (Wildman–Crippen LogP) is 4.73. The van der Waals surface area contributed by atoms with E-state index in [1.165, 1.54) is 0 Å². The topological polar surface area (TPSA) is 50.2 Å². The number of nitrogens with zero attached hydrogens (tertiary/aromatic N) is 3. The molecule has 1 aromatic heterocycles. The molecule has 2 fully saturated rings. The van der Waals surface area contributed by atoms with Gasteiger partial charge in [0.2, 0.25) is 0 Å². The van der Waals surface area contributed by atoms with E-state index in [1.807, 2.05) is 44.4 Å². The number of carbonyl (C=O) groups is 1. The normalized spacial score (nSPS) is 24.0. The summed E-state index contributed by atoms with van der Waals surface area (Å²) in [6, 6.07) is 7.14. The highest BCUT2D eigenvalue weighted by atomic mass is 19.4. The Bertz CT molecular complexity index is 880. The molecule has 2 atom stereocenters. The van der Waals surface area contributed by atoms with E-state index in [2.05, 4.69) is 10.4 Å². The Morgan fingerprint density at radius 3 is 2.54 bits per heavy atom. The fraction of sp³-hybridized carbons (Fsp3) is 0.500. The smallest absolute Gasteiger partial charge is 0.318 e. The highest BCUT2D eigenvalue weighted by Crippen LogP contribution is 2.45. The molecule has 5 nitrogen and oxygen atoms in total. The molecule has 2 aromatic rings. The number of amides is 2. The number of benzene rings is 1. The van der Waals surface area contributed by atoms with Crippen LogP contribution in [0.1, 0.15) is 31.2 Å². The molecule has 0 saturated carbocycles. The lowest BCUT2D eigenvalue weighted by molar-refractivity contribution is -0.155. The molecule has 150 valence electrons. The number of aryl methyl sites for hydroxylation is 2. The van der Waals surface area contributed by atoms with Gasteiger partial charge in [-0.05, 0) is 55.9 Å². The fourth-order valence-electron chi connectivity index (χ4n) is 4.53. The Kier molecular flexibility index (Phi) is 4.59. The molecular weight excluding hydrogens is 369 g/mol. The standard InChI is InChI=1S/C20H23F3N4O/c1-12-3-4-14(9-17(12)18-5-6-26(2)25-18)24-19(28)27-15-7-13(8-16(27)10-15)11-20(21,22)23/h3-6,9,13,15-16H,7-8,10-11H2,1-2H3,(H,24,28). The molecule has 1 aromatic carbocycles. The highest BCUT2D eigenvalue weighted by Gasteiger charge is 2.49. The number of aromatic nitrogens is 2. The molecule has 0 spiro atoms. The first-order valence-electron chi connectivity index (χ1n) is 9.46. The zero-order valence-electron chi connectivity index (χ0n) is 15.8. The van der Waals surface area contributed by atoms with Crippen LogP contribution in [0.4, 0.5) is 23.7 Å². The zero-order chi connectivity index (χ0) is 20.1. The van der Waals surface area contributed by atoms with Crippen LogP contribution in [-0.2, 0) is 7.05 Å². The van der Waals surface area contributed by atoms with Gasteiger partial charge in [0.1, 0.15) is 0 Å². The molecule has 2 aliphatic heterocycles. The third kappa shape index (κ3) is 3.72. The third-order valence-corrected chi connectivity index (χ3v) is 5.77. The van der Waals surface area contributed by atoms with Crippen molar-refractivity contribution < 1.29 is 18.0 Å². The van der Waals surface area contributed by atoms with Crippen LogP contribution in [-0.4, -0.2) is 39.0 Å². The third-order valence-electron chi connectivity index (χ3n) is 5.77. The van der Waals surface area contributed by atoms with Gasteiger partial charge in [-0.1, -0.05) is 6.07 Å². The number of fused-ring (bicyclic) bond motifs is 2. The monoisotopic (exact) mass is 392 g/mol. The first kappa shape index (κ1) is 18.8. The quantitative estimate of drug-likeness (QED) is 0.821. The fourth-order valence-corrected chi connectivity index (χ4v) is 4.53. The molecule has 8 heteroatoms. The molecule has 2 aliphatic rings. The van der Waals surface area contributed by atoms with E-state index < -0.39 is 12.6 Å². The van der Waals surface area contributed by atoms with E-state index in [-0.39, 0.29) is 24.0 Å². The first-order chi connectivity index (χ1) is 13.2. The second-order valence-electron chi connectivity index (χ2n) is 7.94. The summed E-state index contributed by atoms with van der Waals surface area (Å²) in [6.07, 6.45) is -1.37. The van der Waals surface area contributed by atoms with Crippen molar-refractivity contribution in [2.45, 2.75) is 50.9 Å². The number of alkyl halides is 3. The maximum Gasteiger partial charge on any atom is 0.389 e. The summed E-state index contributed by atoms with van der Waals surface area (Å²) in [5, 5.41) is 7.32. The van der Waals surface area contributed by atoms with Crippen LogP contribution in [0.3, 0.4) is 0 Å². The van der Waals surface area contributed by atoms with Crippen molar-refractivity contribution in [3.05, 3.63) is 36.0 Å². The van der Waals surface area contributed by atoms with Crippen molar-refractivity contribution in [3.63, 3.8) is 0 Å². The van der Waals surface area contributed by atoms with E-state index in [1.54, 1.807) is 9.58 Å². The molecule has 1 N–H and O–H groups in total.